The number of anilines is 1. The summed E-state index contributed by atoms with van der Waals surface area (Å²) >= 11 is 5.56. The van der Waals surface area contributed by atoms with Crippen LogP contribution in [0.1, 0.15) is 40.5 Å². The van der Waals surface area contributed by atoms with Crippen molar-refractivity contribution in [1.29, 1.82) is 0 Å². The van der Waals surface area contributed by atoms with Gasteiger partial charge in [-0.3, -0.25) is 19.0 Å². The molecule has 0 fully saturated rings. The molecule has 9 nitrogen and oxygen atoms in total. The zero-order valence-electron chi connectivity index (χ0n) is 15.8. The average Bonchev–Trinajstić information content (AvgIpc) is 3.39. The molecule has 0 saturated carbocycles. The number of furan rings is 1. The van der Waals surface area contributed by atoms with Gasteiger partial charge in [-0.25, -0.2) is 17.6 Å². The van der Waals surface area contributed by atoms with E-state index in [-0.39, 0.29) is 17.9 Å². The van der Waals surface area contributed by atoms with Crippen molar-refractivity contribution in [2.24, 2.45) is 7.05 Å². The standard InChI is InChI=1S/C17H15ClF4N6O3/c1-27-6-9(12(25-27)17(30)23-5-8-3-2-4-31-8)24-10(29)7-28-14(16(21)22)11(18)13(26-28)15(19)20/h2-4,6,15-16H,5,7H2,1H3,(H,23,30)(H,24,29). The maximum atomic E-state index is 13.2. The van der Waals surface area contributed by atoms with Crippen LogP contribution in [-0.2, 0) is 24.9 Å². The first-order chi connectivity index (χ1) is 14.7. The highest BCUT2D eigenvalue weighted by atomic mass is 35.5. The molecule has 0 aliphatic heterocycles. The van der Waals surface area contributed by atoms with Gasteiger partial charge in [0.25, 0.3) is 18.8 Å². The number of amides is 2. The summed E-state index contributed by atoms with van der Waals surface area (Å²) in [5.74, 6) is -1.06. The van der Waals surface area contributed by atoms with Crippen LogP contribution in [0.2, 0.25) is 5.02 Å². The van der Waals surface area contributed by atoms with Gasteiger partial charge < -0.3 is 15.1 Å². The third-order valence-corrected chi connectivity index (χ3v) is 4.37. The average molecular weight is 463 g/mol. The highest BCUT2D eigenvalue weighted by Gasteiger charge is 2.29. The molecule has 0 aliphatic rings. The molecule has 31 heavy (non-hydrogen) atoms. The number of rotatable bonds is 8. The Kier molecular flexibility index (Phi) is 6.63. The summed E-state index contributed by atoms with van der Waals surface area (Å²) in [5, 5.41) is 11.2. The number of hydrogen-bond acceptors (Lipinski definition) is 5. The SMILES string of the molecule is Cn1cc(NC(=O)Cn2nc(C(F)F)c(Cl)c2C(F)F)c(C(=O)NCc2ccco2)n1. The van der Waals surface area contributed by atoms with Crippen molar-refractivity contribution in [2.75, 3.05) is 5.32 Å². The van der Waals surface area contributed by atoms with E-state index in [9.17, 15) is 27.2 Å². The molecule has 3 heterocycles. The predicted molar refractivity (Wildman–Crippen MR) is 98.9 cm³/mol. The van der Waals surface area contributed by atoms with E-state index in [0.717, 1.165) is 0 Å². The Hall–Kier alpha value is -3.35. The predicted octanol–water partition coefficient (Wildman–Crippen LogP) is 3.31. The van der Waals surface area contributed by atoms with Crippen LogP contribution in [0.3, 0.4) is 0 Å². The molecule has 0 spiro atoms. The second-order valence-electron chi connectivity index (χ2n) is 6.22. The Labute approximate surface area is 176 Å². The van der Waals surface area contributed by atoms with Crippen molar-refractivity contribution in [3.8, 4) is 0 Å². The van der Waals surface area contributed by atoms with Crippen molar-refractivity contribution >= 4 is 29.1 Å². The van der Waals surface area contributed by atoms with Crippen LogP contribution in [0.25, 0.3) is 0 Å². The molecule has 2 amide bonds. The van der Waals surface area contributed by atoms with Gasteiger partial charge in [-0.15, -0.1) is 0 Å². The first-order valence-corrected chi connectivity index (χ1v) is 9.01. The Bertz CT molecular complexity index is 1080. The van der Waals surface area contributed by atoms with Crippen LogP contribution >= 0.6 is 11.6 Å². The number of carbonyl (C=O) groups is 2. The van der Waals surface area contributed by atoms with Gasteiger partial charge in [0.2, 0.25) is 5.91 Å². The van der Waals surface area contributed by atoms with Crippen LogP contribution < -0.4 is 10.6 Å². The summed E-state index contributed by atoms with van der Waals surface area (Å²) in [6, 6.07) is 3.29. The van der Waals surface area contributed by atoms with Gasteiger partial charge in [0, 0.05) is 13.2 Å². The van der Waals surface area contributed by atoms with Gasteiger partial charge in [0.1, 0.15) is 23.7 Å². The molecule has 2 N–H and O–H groups in total. The lowest BCUT2D eigenvalue weighted by Crippen LogP contribution is -2.26. The Morgan fingerprint density at radius 2 is 1.97 bits per heavy atom. The number of aromatic nitrogens is 4. The van der Waals surface area contributed by atoms with Crippen molar-refractivity contribution < 1.29 is 31.6 Å². The van der Waals surface area contributed by atoms with Crippen LogP contribution in [0.15, 0.2) is 29.0 Å². The fourth-order valence-corrected chi connectivity index (χ4v) is 2.98. The zero-order valence-corrected chi connectivity index (χ0v) is 16.5. The summed E-state index contributed by atoms with van der Waals surface area (Å²) in [6.07, 6.45) is -3.68. The monoisotopic (exact) mass is 462 g/mol. The van der Waals surface area contributed by atoms with Crippen LogP contribution in [-0.4, -0.2) is 31.4 Å². The first kappa shape index (κ1) is 22.3. The third-order valence-electron chi connectivity index (χ3n) is 3.98. The van der Waals surface area contributed by atoms with E-state index in [2.05, 4.69) is 20.8 Å². The molecule has 0 aliphatic carbocycles. The molecular formula is C17H15ClF4N6O3. The molecule has 0 aromatic carbocycles. The van der Waals surface area contributed by atoms with E-state index >= 15 is 0 Å². The van der Waals surface area contributed by atoms with Gasteiger partial charge in [-0.2, -0.15) is 10.2 Å². The molecule has 166 valence electrons. The lowest BCUT2D eigenvalue weighted by molar-refractivity contribution is -0.117. The molecule has 3 aromatic heterocycles. The van der Waals surface area contributed by atoms with E-state index in [1.165, 1.54) is 24.2 Å². The van der Waals surface area contributed by atoms with Crippen molar-refractivity contribution in [2.45, 2.75) is 25.9 Å². The lowest BCUT2D eigenvalue weighted by atomic mass is 10.3. The smallest absolute Gasteiger partial charge is 0.283 e. The molecular weight excluding hydrogens is 448 g/mol. The molecule has 0 unspecified atom stereocenters. The first-order valence-electron chi connectivity index (χ1n) is 8.63. The molecule has 3 rings (SSSR count). The fraction of sp³-hybridized carbons (Fsp3) is 0.294. The molecule has 14 heteroatoms. The number of nitrogens with one attached hydrogen (secondary N) is 2. The number of alkyl halides is 4. The Morgan fingerprint density at radius 3 is 2.58 bits per heavy atom. The second-order valence-corrected chi connectivity index (χ2v) is 6.60. The highest BCUT2D eigenvalue weighted by molar-refractivity contribution is 6.32. The minimum atomic E-state index is -3.23. The van der Waals surface area contributed by atoms with Gasteiger partial charge in [-0.1, -0.05) is 11.6 Å². The minimum Gasteiger partial charge on any atom is -0.467 e. The van der Waals surface area contributed by atoms with Gasteiger partial charge in [-0.05, 0) is 12.1 Å². The lowest BCUT2D eigenvalue weighted by Gasteiger charge is -2.08. The molecule has 0 bridgehead atoms. The molecule has 0 saturated heterocycles. The van der Waals surface area contributed by atoms with E-state index in [1.807, 2.05) is 0 Å². The summed E-state index contributed by atoms with van der Waals surface area (Å²) in [4.78, 5) is 24.7. The minimum absolute atomic E-state index is 0.0182. The van der Waals surface area contributed by atoms with Crippen LogP contribution in [0.4, 0.5) is 23.2 Å². The quantitative estimate of drug-likeness (QED) is 0.499. The number of nitrogens with zero attached hydrogens (tertiary/aromatic N) is 4. The Morgan fingerprint density at radius 1 is 1.23 bits per heavy atom. The third kappa shape index (κ3) is 5.05. The van der Waals surface area contributed by atoms with E-state index in [4.69, 9.17) is 16.0 Å². The second kappa shape index (κ2) is 9.20. The number of carbonyl (C=O) groups excluding carboxylic acids is 2. The van der Waals surface area contributed by atoms with E-state index < -0.39 is 47.6 Å². The van der Waals surface area contributed by atoms with Crippen LogP contribution in [0, 0.1) is 0 Å². The van der Waals surface area contributed by atoms with Gasteiger partial charge in [0.15, 0.2) is 5.69 Å². The summed E-state index contributed by atoms with van der Waals surface area (Å²) in [6.45, 7) is -0.774. The number of hydrogen-bond donors (Lipinski definition) is 2. The summed E-state index contributed by atoms with van der Waals surface area (Å²) < 4.78 is 59.0. The summed E-state index contributed by atoms with van der Waals surface area (Å²) in [5.41, 5.74) is -2.22. The topological polar surface area (TPSA) is 107 Å². The van der Waals surface area contributed by atoms with Gasteiger partial charge in [0.05, 0.1) is 23.5 Å². The maximum absolute atomic E-state index is 13.2. The highest BCUT2D eigenvalue weighted by Crippen LogP contribution is 2.34. The molecule has 3 aromatic rings. The van der Waals surface area contributed by atoms with Crippen molar-refractivity contribution in [3.05, 3.63) is 52.5 Å². The zero-order chi connectivity index (χ0) is 22.7. The fourth-order valence-electron chi connectivity index (χ4n) is 2.68. The van der Waals surface area contributed by atoms with Gasteiger partial charge >= 0.3 is 0 Å². The normalized spacial score (nSPS) is 11.4. The number of aryl methyl sites for hydroxylation is 1. The van der Waals surface area contributed by atoms with Crippen molar-refractivity contribution in [1.82, 2.24) is 24.9 Å². The Balaban J connectivity index is 1.74. The van der Waals surface area contributed by atoms with E-state index in [0.29, 0.717) is 10.4 Å². The summed E-state index contributed by atoms with van der Waals surface area (Å²) in [7, 11) is 1.50. The van der Waals surface area contributed by atoms with E-state index in [1.54, 1.807) is 12.1 Å². The molecule has 0 radical (unpaired) electrons. The van der Waals surface area contributed by atoms with Crippen molar-refractivity contribution in [3.63, 3.8) is 0 Å². The number of halogens is 5. The largest absolute Gasteiger partial charge is 0.467 e. The van der Waals surface area contributed by atoms with Crippen LogP contribution in [0.5, 0.6) is 0 Å². The maximum Gasteiger partial charge on any atom is 0.283 e. The molecule has 0 atom stereocenters.